The highest BCUT2D eigenvalue weighted by molar-refractivity contribution is 7.89. The molecule has 0 radical (unpaired) electrons. The molecule has 1 aliphatic carbocycles. The smallest absolute Gasteiger partial charge is 0.323 e. The van der Waals surface area contributed by atoms with Crippen molar-refractivity contribution in [3.05, 3.63) is 69.9 Å². The minimum Gasteiger partial charge on any atom is -0.480 e. The quantitative estimate of drug-likeness (QED) is 0.457. The lowest BCUT2D eigenvalue weighted by Crippen LogP contribution is -2.39. The summed E-state index contributed by atoms with van der Waals surface area (Å²) >= 11 is 0. The van der Waals surface area contributed by atoms with Crippen LogP contribution in [-0.4, -0.2) is 35.0 Å². The molecule has 2 aromatic carbocycles. The number of carboxylic acid groups (broad SMARTS) is 1. The van der Waals surface area contributed by atoms with Crippen LogP contribution in [0.1, 0.15) is 17.7 Å². The highest BCUT2D eigenvalue weighted by atomic mass is 32.2. The molecule has 2 N–H and O–H groups in total. The summed E-state index contributed by atoms with van der Waals surface area (Å²) in [6.07, 6.45) is 1.51. The topological polar surface area (TPSA) is 132 Å². The van der Waals surface area contributed by atoms with E-state index in [4.69, 9.17) is 0 Å². The van der Waals surface area contributed by atoms with Gasteiger partial charge in [0.1, 0.15) is 6.54 Å². The lowest BCUT2D eigenvalue weighted by atomic mass is 9.92. The molecule has 0 saturated carbocycles. The Morgan fingerprint density at radius 3 is 2.57 bits per heavy atom. The number of nitrogens with zero attached hydrogens (tertiary/aromatic N) is 2. The average Bonchev–Trinajstić information content (AvgIpc) is 3.01. The number of nitrogens with one attached hydrogen (secondary N) is 1. The summed E-state index contributed by atoms with van der Waals surface area (Å²) in [6, 6.07) is 11.9. The van der Waals surface area contributed by atoms with Crippen molar-refractivity contribution in [2.24, 2.45) is 0 Å². The van der Waals surface area contributed by atoms with E-state index >= 15 is 0 Å². The van der Waals surface area contributed by atoms with E-state index in [-0.39, 0.29) is 23.2 Å². The summed E-state index contributed by atoms with van der Waals surface area (Å²) in [5, 5.41) is 21.0. The van der Waals surface area contributed by atoms with Gasteiger partial charge in [0.25, 0.3) is 5.69 Å². The fourth-order valence-corrected chi connectivity index (χ4v) is 5.32. The molecule has 0 fully saturated rings. The van der Waals surface area contributed by atoms with Crippen LogP contribution in [-0.2, 0) is 34.2 Å². The summed E-state index contributed by atoms with van der Waals surface area (Å²) in [7, 11) is -3.84. The van der Waals surface area contributed by atoms with E-state index < -0.39 is 20.9 Å². The Morgan fingerprint density at radius 1 is 1.20 bits per heavy atom. The molecule has 1 heterocycles. The number of fused-ring (bicyclic) bond motifs is 3. The van der Waals surface area contributed by atoms with Gasteiger partial charge in [0.15, 0.2) is 0 Å². The summed E-state index contributed by atoms with van der Waals surface area (Å²) in [4.78, 5) is 21.5. The number of aliphatic carboxylic acids is 1. The fourth-order valence-electron chi connectivity index (χ4n) is 4.05. The zero-order valence-electron chi connectivity index (χ0n) is 15.8. The number of nitro benzene ring substituents is 1. The van der Waals surface area contributed by atoms with Gasteiger partial charge in [-0.15, -0.1) is 0 Å². The van der Waals surface area contributed by atoms with Crippen LogP contribution in [0.4, 0.5) is 5.69 Å². The number of rotatable bonds is 6. The Morgan fingerprint density at radius 2 is 1.90 bits per heavy atom. The Balaban J connectivity index is 1.61. The van der Waals surface area contributed by atoms with E-state index in [1.165, 1.54) is 12.1 Å². The molecule has 4 rings (SSSR count). The molecule has 30 heavy (non-hydrogen) atoms. The minimum atomic E-state index is -3.84. The molecule has 156 valence electrons. The largest absolute Gasteiger partial charge is 0.480 e. The van der Waals surface area contributed by atoms with Gasteiger partial charge in [0.05, 0.1) is 9.82 Å². The van der Waals surface area contributed by atoms with E-state index in [1.54, 1.807) is 4.57 Å². The van der Waals surface area contributed by atoms with Crippen LogP contribution in [0.15, 0.2) is 53.4 Å². The van der Waals surface area contributed by atoms with Crippen LogP contribution in [0.5, 0.6) is 0 Å². The summed E-state index contributed by atoms with van der Waals surface area (Å²) in [5.41, 5.74) is 2.52. The van der Waals surface area contributed by atoms with Gasteiger partial charge in [0.2, 0.25) is 10.0 Å². The molecule has 3 aromatic rings. The second-order valence-corrected chi connectivity index (χ2v) is 8.95. The number of para-hydroxylation sites is 1. The molecular formula is C20H19N3O6S. The Bertz CT molecular complexity index is 1250. The zero-order chi connectivity index (χ0) is 21.5. The molecule has 0 aliphatic heterocycles. The number of benzene rings is 2. The molecule has 0 amide bonds. The highest BCUT2D eigenvalue weighted by Gasteiger charge is 2.29. The molecule has 9 nitrogen and oxygen atoms in total. The first kappa shape index (κ1) is 20.0. The number of carboxylic acids is 1. The third-order valence-corrected chi connectivity index (χ3v) is 6.88. The maximum Gasteiger partial charge on any atom is 0.323 e. The predicted octanol–water partition coefficient (Wildman–Crippen LogP) is 2.47. The van der Waals surface area contributed by atoms with E-state index in [2.05, 4.69) is 4.72 Å². The van der Waals surface area contributed by atoms with Gasteiger partial charge >= 0.3 is 5.97 Å². The van der Waals surface area contributed by atoms with Gasteiger partial charge in [-0.25, -0.2) is 13.1 Å². The minimum absolute atomic E-state index is 0.0350. The van der Waals surface area contributed by atoms with Crippen molar-refractivity contribution >= 4 is 32.6 Å². The number of non-ortho nitro benzene ring substituents is 1. The molecule has 1 atom stereocenters. The summed E-state index contributed by atoms with van der Waals surface area (Å²) in [5.74, 6) is -0.931. The first-order chi connectivity index (χ1) is 14.3. The highest BCUT2D eigenvalue weighted by Crippen LogP contribution is 2.32. The third kappa shape index (κ3) is 3.66. The molecule has 0 spiro atoms. The SMILES string of the molecule is O=C(O)Cn1c2c(c3ccccc31)CC(NS(=O)(=O)c1ccc([N+](=O)[O-])cc1)CC2. The fraction of sp³-hybridized carbons (Fsp3) is 0.250. The molecule has 1 aliphatic rings. The third-order valence-electron chi connectivity index (χ3n) is 5.35. The predicted molar refractivity (Wildman–Crippen MR) is 109 cm³/mol. The van der Waals surface area contributed by atoms with E-state index in [1.807, 2.05) is 24.3 Å². The van der Waals surface area contributed by atoms with Crippen molar-refractivity contribution in [3.8, 4) is 0 Å². The molecular weight excluding hydrogens is 410 g/mol. The van der Waals surface area contributed by atoms with Gasteiger partial charge in [0, 0.05) is 34.8 Å². The monoisotopic (exact) mass is 429 g/mol. The second-order valence-electron chi connectivity index (χ2n) is 7.23. The number of hydrogen-bond donors (Lipinski definition) is 2. The number of sulfonamides is 1. The van der Waals surface area contributed by atoms with E-state index in [0.29, 0.717) is 19.3 Å². The van der Waals surface area contributed by atoms with E-state index in [0.717, 1.165) is 34.3 Å². The van der Waals surface area contributed by atoms with Crippen LogP contribution in [0.25, 0.3) is 10.9 Å². The molecule has 1 aromatic heterocycles. The Kier molecular flexibility index (Phi) is 5.04. The molecule has 0 bridgehead atoms. The lowest BCUT2D eigenvalue weighted by molar-refractivity contribution is -0.384. The Labute approximate surface area is 172 Å². The number of carbonyl (C=O) groups is 1. The van der Waals surface area contributed by atoms with Crippen molar-refractivity contribution < 1.29 is 23.2 Å². The van der Waals surface area contributed by atoms with E-state index in [9.17, 15) is 28.4 Å². The van der Waals surface area contributed by atoms with Crippen LogP contribution in [0.2, 0.25) is 0 Å². The lowest BCUT2D eigenvalue weighted by Gasteiger charge is -2.24. The molecule has 10 heteroatoms. The van der Waals surface area contributed by atoms with Crippen LogP contribution in [0.3, 0.4) is 0 Å². The second kappa shape index (κ2) is 7.54. The maximum atomic E-state index is 12.7. The van der Waals surface area contributed by atoms with Crippen LogP contribution >= 0.6 is 0 Å². The standard InChI is InChI=1S/C20H19N3O6S/c24-20(25)12-22-18-4-2-1-3-16(18)17-11-13(5-10-19(17)22)21-30(28,29)15-8-6-14(7-9-15)23(26)27/h1-4,6-9,13,21H,5,10-12H2,(H,24,25). The van der Waals surface area contributed by atoms with Gasteiger partial charge in [-0.3, -0.25) is 14.9 Å². The van der Waals surface area contributed by atoms with Crippen molar-refractivity contribution in [3.63, 3.8) is 0 Å². The normalized spacial score (nSPS) is 16.3. The van der Waals surface area contributed by atoms with Gasteiger partial charge in [-0.1, -0.05) is 18.2 Å². The maximum absolute atomic E-state index is 12.7. The van der Waals surface area contributed by atoms with Crippen molar-refractivity contribution in [1.29, 1.82) is 0 Å². The summed E-state index contributed by atoms with van der Waals surface area (Å²) < 4.78 is 30.0. The van der Waals surface area contributed by atoms with Crippen molar-refractivity contribution in [1.82, 2.24) is 9.29 Å². The first-order valence-corrected chi connectivity index (χ1v) is 10.8. The average molecular weight is 429 g/mol. The number of hydrogen-bond acceptors (Lipinski definition) is 5. The van der Waals surface area contributed by atoms with Crippen molar-refractivity contribution in [2.75, 3.05) is 0 Å². The molecule has 1 unspecified atom stereocenters. The van der Waals surface area contributed by atoms with Crippen LogP contribution in [0, 0.1) is 10.1 Å². The van der Waals surface area contributed by atoms with Gasteiger partial charge < -0.3 is 9.67 Å². The number of nitro groups is 1. The zero-order valence-corrected chi connectivity index (χ0v) is 16.6. The van der Waals surface area contributed by atoms with Gasteiger partial charge in [-0.05, 0) is 43.0 Å². The first-order valence-electron chi connectivity index (χ1n) is 9.34. The Hall–Kier alpha value is -3.24. The number of aromatic nitrogens is 1. The molecule has 0 saturated heterocycles. The van der Waals surface area contributed by atoms with Gasteiger partial charge in [-0.2, -0.15) is 0 Å². The summed E-state index contributed by atoms with van der Waals surface area (Å²) in [6.45, 7) is -0.144. The van der Waals surface area contributed by atoms with Crippen LogP contribution < -0.4 is 4.72 Å². The van der Waals surface area contributed by atoms with Crippen molar-refractivity contribution in [2.45, 2.75) is 36.7 Å².